The first-order chi connectivity index (χ1) is 8.93. The van der Waals surface area contributed by atoms with E-state index in [-0.39, 0.29) is 16.0 Å². The van der Waals surface area contributed by atoms with Crippen molar-refractivity contribution < 1.29 is 12.8 Å². The van der Waals surface area contributed by atoms with Crippen LogP contribution >= 0.6 is 11.6 Å². The zero-order valence-electron chi connectivity index (χ0n) is 10.6. The lowest BCUT2D eigenvalue weighted by molar-refractivity contribution is 0.299. The van der Waals surface area contributed by atoms with Crippen LogP contribution in [0.15, 0.2) is 23.1 Å². The van der Waals surface area contributed by atoms with Gasteiger partial charge in [0.1, 0.15) is 10.7 Å². The fourth-order valence-corrected chi connectivity index (χ4v) is 3.77. The lowest BCUT2D eigenvalue weighted by atomic mass is 10.1. The van der Waals surface area contributed by atoms with Gasteiger partial charge < -0.3 is 5.32 Å². The van der Waals surface area contributed by atoms with Gasteiger partial charge in [0, 0.05) is 24.7 Å². The number of benzene rings is 1. The Balaban J connectivity index is 2.30. The molecule has 1 unspecified atom stereocenters. The van der Waals surface area contributed by atoms with Crippen LogP contribution in [-0.4, -0.2) is 38.9 Å². The molecular formula is C12H16ClFN2O2S. The zero-order valence-corrected chi connectivity index (χ0v) is 12.1. The average molecular weight is 307 g/mol. The second-order valence-electron chi connectivity index (χ2n) is 4.60. The molecule has 1 fully saturated rings. The lowest BCUT2D eigenvalue weighted by Gasteiger charge is -2.30. The zero-order chi connectivity index (χ0) is 14.0. The summed E-state index contributed by atoms with van der Waals surface area (Å²) in [5.74, 6) is -0.817. The number of nitrogens with one attached hydrogen (secondary N) is 1. The summed E-state index contributed by atoms with van der Waals surface area (Å²) in [5, 5.41) is 3.32. The molecule has 1 aliphatic rings. The van der Waals surface area contributed by atoms with Gasteiger partial charge in [0.05, 0.1) is 0 Å². The van der Waals surface area contributed by atoms with E-state index in [2.05, 4.69) is 5.32 Å². The lowest BCUT2D eigenvalue weighted by Crippen LogP contribution is -2.46. The first-order valence-corrected chi connectivity index (χ1v) is 7.88. The van der Waals surface area contributed by atoms with Crippen molar-refractivity contribution in [2.75, 3.05) is 20.1 Å². The van der Waals surface area contributed by atoms with Gasteiger partial charge in [0.2, 0.25) is 10.0 Å². The summed E-state index contributed by atoms with van der Waals surface area (Å²) in [4.78, 5) is -0.329. The molecule has 0 saturated carbocycles. The van der Waals surface area contributed by atoms with Crippen LogP contribution in [0.3, 0.4) is 0 Å². The van der Waals surface area contributed by atoms with Gasteiger partial charge in [-0.3, -0.25) is 0 Å². The highest BCUT2D eigenvalue weighted by molar-refractivity contribution is 7.89. The van der Waals surface area contributed by atoms with Crippen LogP contribution in [0, 0.1) is 5.82 Å². The minimum absolute atomic E-state index is 0.145. The molecular weight excluding hydrogens is 291 g/mol. The highest BCUT2D eigenvalue weighted by Gasteiger charge is 2.30. The van der Waals surface area contributed by atoms with E-state index in [0.29, 0.717) is 6.54 Å². The third kappa shape index (κ3) is 3.08. The predicted molar refractivity (Wildman–Crippen MR) is 72.3 cm³/mol. The minimum Gasteiger partial charge on any atom is -0.315 e. The van der Waals surface area contributed by atoms with Crippen molar-refractivity contribution in [3.63, 3.8) is 0 Å². The molecule has 1 atom stereocenters. The molecule has 2 rings (SSSR count). The maximum atomic E-state index is 13.8. The van der Waals surface area contributed by atoms with Crippen molar-refractivity contribution in [1.29, 1.82) is 0 Å². The summed E-state index contributed by atoms with van der Waals surface area (Å²) in [6, 6.07) is 3.46. The standard InChI is InChI=1S/C12H16ClFN2O2S/c1-16(10-3-2-6-15-8-10)19(17,18)12-5-4-9(13)7-11(12)14/h4-5,7,10,15H,2-3,6,8H2,1H3. The summed E-state index contributed by atoms with van der Waals surface area (Å²) in [6.07, 6.45) is 1.69. The molecule has 4 nitrogen and oxygen atoms in total. The Labute approximate surface area is 117 Å². The molecule has 1 aliphatic heterocycles. The Bertz CT molecular complexity index is 559. The van der Waals surface area contributed by atoms with Gasteiger partial charge in [0.25, 0.3) is 0 Å². The highest BCUT2D eigenvalue weighted by Crippen LogP contribution is 2.24. The monoisotopic (exact) mass is 306 g/mol. The summed E-state index contributed by atoms with van der Waals surface area (Å²) in [5.41, 5.74) is 0. The minimum atomic E-state index is -3.83. The van der Waals surface area contributed by atoms with E-state index >= 15 is 0 Å². The molecule has 0 spiro atoms. The van der Waals surface area contributed by atoms with Crippen LogP contribution in [0.4, 0.5) is 4.39 Å². The summed E-state index contributed by atoms with van der Waals surface area (Å²) in [7, 11) is -2.34. The third-order valence-electron chi connectivity index (χ3n) is 3.34. The van der Waals surface area contributed by atoms with Gasteiger partial charge in [-0.05, 0) is 37.6 Å². The fourth-order valence-electron chi connectivity index (χ4n) is 2.18. The van der Waals surface area contributed by atoms with Gasteiger partial charge >= 0.3 is 0 Å². The maximum absolute atomic E-state index is 13.8. The van der Waals surface area contributed by atoms with Gasteiger partial charge in [0.15, 0.2) is 0 Å². The van der Waals surface area contributed by atoms with Crippen LogP contribution in [0.1, 0.15) is 12.8 Å². The molecule has 0 amide bonds. The second-order valence-corrected chi connectivity index (χ2v) is 7.00. The Morgan fingerprint density at radius 1 is 1.47 bits per heavy atom. The van der Waals surface area contributed by atoms with Gasteiger partial charge in [-0.25, -0.2) is 12.8 Å². The Morgan fingerprint density at radius 2 is 2.21 bits per heavy atom. The number of hydrogen-bond acceptors (Lipinski definition) is 3. The smallest absolute Gasteiger partial charge is 0.246 e. The van der Waals surface area contributed by atoms with Crippen LogP contribution < -0.4 is 5.32 Å². The topological polar surface area (TPSA) is 49.4 Å². The van der Waals surface area contributed by atoms with Crippen molar-refractivity contribution >= 4 is 21.6 Å². The van der Waals surface area contributed by atoms with E-state index in [1.54, 1.807) is 0 Å². The van der Waals surface area contributed by atoms with E-state index in [1.807, 2.05) is 0 Å². The SMILES string of the molecule is CN(C1CCCNC1)S(=O)(=O)c1ccc(Cl)cc1F. The molecule has 0 radical (unpaired) electrons. The van der Waals surface area contributed by atoms with E-state index in [4.69, 9.17) is 11.6 Å². The Morgan fingerprint density at radius 3 is 2.79 bits per heavy atom. The predicted octanol–water partition coefficient (Wildman–Crippen LogP) is 1.85. The van der Waals surface area contributed by atoms with Crippen molar-refractivity contribution in [2.24, 2.45) is 0 Å². The maximum Gasteiger partial charge on any atom is 0.246 e. The molecule has 106 valence electrons. The highest BCUT2D eigenvalue weighted by atomic mass is 35.5. The van der Waals surface area contributed by atoms with Crippen molar-refractivity contribution in [3.8, 4) is 0 Å². The number of hydrogen-bond donors (Lipinski definition) is 1. The molecule has 19 heavy (non-hydrogen) atoms. The molecule has 1 N–H and O–H groups in total. The number of likely N-dealkylation sites (N-methyl/N-ethyl adjacent to an activating group) is 1. The number of halogens is 2. The molecule has 1 aromatic rings. The Kier molecular flexibility index (Phi) is 4.45. The number of nitrogens with zero attached hydrogens (tertiary/aromatic N) is 1. The molecule has 0 aromatic heterocycles. The van der Waals surface area contributed by atoms with Crippen LogP contribution in [0.5, 0.6) is 0 Å². The summed E-state index contributed by atoms with van der Waals surface area (Å²) >= 11 is 5.64. The average Bonchev–Trinajstić information content (AvgIpc) is 2.38. The Hall–Kier alpha value is -0.690. The second kappa shape index (κ2) is 5.75. The number of rotatable bonds is 3. The van der Waals surface area contributed by atoms with Crippen molar-refractivity contribution in [3.05, 3.63) is 29.0 Å². The number of piperidine rings is 1. The normalized spacial score (nSPS) is 20.7. The van der Waals surface area contributed by atoms with Gasteiger partial charge in [-0.1, -0.05) is 11.6 Å². The molecule has 1 heterocycles. The summed E-state index contributed by atoms with van der Waals surface area (Å²) in [6.45, 7) is 1.48. The molecule has 1 aromatic carbocycles. The summed E-state index contributed by atoms with van der Waals surface area (Å²) < 4.78 is 39.8. The molecule has 0 aliphatic carbocycles. The van der Waals surface area contributed by atoms with E-state index in [1.165, 1.54) is 23.5 Å². The van der Waals surface area contributed by atoms with Gasteiger partial charge in [-0.15, -0.1) is 0 Å². The van der Waals surface area contributed by atoms with Crippen molar-refractivity contribution in [2.45, 2.75) is 23.8 Å². The first kappa shape index (κ1) is 14.7. The van der Waals surface area contributed by atoms with E-state index < -0.39 is 15.8 Å². The first-order valence-electron chi connectivity index (χ1n) is 6.07. The van der Waals surface area contributed by atoms with E-state index in [9.17, 15) is 12.8 Å². The van der Waals surface area contributed by atoms with Crippen LogP contribution in [-0.2, 0) is 10.0 Å². The third-order valence-corrected chi connectivity index (χ3v) is 5.51. The van der Waals surface area contributed by atoms with E-state index in [0.717, 1.165) is 25.5 Å². The fraction of sp³-hybridized carbons (Fsp3) is 0.500. The molecule has 7 heteroatoms. The van der Waals surface area contributed by atoms with Gasteiger partial charge in [-0.2, -0.15) is 4.31 Å². The van der Waals surface area contributed by atoms with Crippen molar-refractivity contribution in [1.82, 2.24) is 9.62 Å². The number of sulfonamides is 1. The molecule has 1 saturated heterocycles. The van der Waals surface area contributed by atoms with Crippen LogP contribution in [0.25, 0.3) is 0 Å². The molecule has 0 bridgehead atoms. The largest absolute Gasteiger partial charge is 0.315 e. The quantitative estimate of drug-likeness (QED) is 0.927. The van der Waals surface area contributed by atoms with Crippen LogP contribution in [0.2, 0.25) is 5.02 Å².